The fourth-order valence-corrected chi connectivity index (χ4v) is 18.3. The Balaban J connectivity index is 0.819. The molecule has 6 fully saturated rings. The average molecular weight is 985 g/mol. The summed E-state index contributed by atoms with van der Waals surface area (Å²) < 4.78 is 5.58. The van der Waals surface area contributed by atoms with E-state index in [4.69, 9.17) is 10.5 Å². The van der Waals surface area contributed by atoms with Gasteiger partial charge in [-0.25, -0.2) is 0 Å². The average Bonchev–Trinajstić information content (AvgIpc) is 4.07. The Kier molecular flexibility index (Phi) is 11.8. The molecule has 0 amide bonds. The minimum atomic E-state index is -1.29. The molecule has 2 aliphatic heterocycles. The van der Waals surface area contributed by atoms with Gasteiger partial charge >= 0.3 is 0 Å². The quantitative estimate of drug-likeness (QED) is 0.0761. The van der Waals surface area contributed by atoms with Crippen LogP contribution in [-0.4, -0.2) is 81.5 Å². The van der Waals surface area contributed by atoms with E-state index >= 15 is 4.79 Å². The number of allylic oxidation sites excluding steroid dienone is 2. The zero-order valence-electron chi connectivity index (χ0n) is 42.1. The number of H-pyrrole nitrogens is 1. The van der Waals surface area contributed by atoms with Crippen molar-refractivity contribution in [3.63, 3.8) is 0 Å². The molecule has 1 saturated heterocycles. The molecule has 1 aromatic heterocycles. The zero-order valence-corrected chi connectivity index (χ0v) is 42.1. The van der Waals surface area contributed by atoms with Crippen LogP contribution in [0, 0.1) is 64.1 Å². The first kappa shape index (κ1) is 47.3. The van der Waals surface area contributed by atoms with Gasteiger partial charge in [0.15, 0.2) is 17.3 Å². The van der Waals surface area contributed by atoms with Gasteiger partial charge in [0, 0.05) is 61.5 Å². The second-order valence-corrected chi connectivity index (χ2v) is 24.1. The van der Waals surface area contributed by atoms with E-state index < -0.39 is 29.6 Å². The van der Waals surface area contributed by atoms with E-state index in [9.17, 15) is 25.2 Å². The number of rotatable bonds is 9. The summed E-state index contributed by atoms with van der Waals surface area (Å²) in [6.45, 7) is 1.51. The van der Waals surface area contributed by atoms with E-state index in [1.54, 1.807) is 12.1 Å². The number of nitrogens with one attached hydrogen (secondary N) is 3. The van der Waals surface area contributed by atoms with Crippen molar-refractivity contribution in [2.75, 3.05) is 20.2 Å². The van der Waals surface area contributed by atoms with Crippen LogP contribution in [0.5, 0.6) is 11.5 Å². The first-order valence-corrected chi connectivity index (χ1v) is 27.8. The lowest BCUT2D eigenvalue weighted by molar-refractivity contribution is -0.194. The number of benzene rings is 3. The lowest BCUT2D eigenvalue weighted by atomic mass is 9.35. The van der Waals surface area contributed by atoms with Gasteiger partial charge in [-0.2, -0.15) is 0 Å². The van der Waals surface area contributed by atoms with Gasteiger partial charge in [-0.05, 0) is 186 Å². The van der Waals surface area contributed by atoms with E-state index in [2.05, 4.69) is 76.1 Å². The molecule has 11 nitrogen and oxygen atoms in total. The molecule has 11 heteroatoms. The lowest BCUT2D eigenvalue weighted by Gasteiger charge is -2.70. The van der Waals surface area contributed by atoms with Crippen LogP contribution in [0.2, 0.25) is 0 Å². The van der Waals surface area contributed by atoms with Crippen LogP contribution in [-0.2, 0) is 16.0 Å². The molecule has 9 aliphatic rings. The van der Waals surface area contributed by atoms with Gasteiger partial charge in [-0.3, -0.25) is 9.59 Å². The number of nitrogens with two attached hydrogens (primary N) is 1. The third-order valence-corrected chi connectivity index (χ3v) is 21.2. The van der Waals surface area contributed by atoms with Crippen LogP contribution < -0.4 is 21.1 Å². The number of methoxy groups -OCH3 is 1. The SMILES string of the molecule is COc1cc2c(cc1O)C(CC(O)C(O)CC(C1=CCNC(N)=C1)c1ccc3ccccc3c1)C#CC1(CCC(C3C4CCC5CCCC53C3CNC5CC(=O)CC6c7cc[nH]c7C4C3C56)CC1O)C(=O)CC2. The van der Waals surface area contributed by atoms with Crippen LogP contribution in [0.1, 0.15) is 135 Å². The fourth-order valence-electron chi connectivity index (χ4n) is 18.3. The highest BCUT2D eigenvalue weighted by molar-refractivity contribution is 5.89. The normalized spacial score (nSPS) is 37.3. The van der Waals surface area contributed by atoms with Crippen molar-refractivity contribution >= 4 is 22.3 Å². The second-order valence-electron chi connectivity index (χ2n) is 24.1. The van der Waals surface area contributed by atoms with E-state index in [1.807, 2.05) is 18.2 Å². The topological polar surface area (TPSA) is 190 Å². The summed E-state index contributed by atoms with van der Waals surface area (Å²) in [5.74, 6) is 11.1. The van der Waals surface area contributed by atoms with Crippen molar-refractivity contribution in [2.45, 2.75) is 138 Å². The Morgan fingerprint density at radius 3 is 2.63 bits per heavy atom. The largest absolute Gasteiger partial charge is 0.504 e. The smallest absolute Gasteiger partial charge is 0.160 e. The molecule has 73 heavy (non-hydrogen) atoms. The molecule has 5 saturated carbocycles. The number of aromatic nitrogens is 1. The summed E-state index contributed by atoms with van der Waals surface area (Å²) in [7, 11) is 1.51. The summed E-state index contributed by atoms with van der Waals surface area (Å²) in [4.78, 5) is 32.1. The third-order valence-electron chi connectivity index (χ3n) is 21.2. The second kappa shape index (κ2) is 18.2. The predicted octanol–water partition coefficient (Wildman–Crippen LogP) is 8.14. The molecule has 0 radical (unpaired) electrons. The summed E-state index contributed by atoms with van der Waals surface area (Å²) in [5.41, 5.74) is 11.4. The number of aliphatic hydroxyl groups is 3. The number of phenols is 1. The van der Waals surface area contributed by atoms with Gasteiger partial charge in [-0.1, -0.05) is 66.8 Å². The number of fused-ring (bicyclic) bond motifs is 7. The highest BCUT2D eigenvalue weighted by Crippen LogP contribution is 2.76. The molecule has 17 unspecified atom stereocenters. The number of dihydropyridines is 1. The summed E-state index contributed by atoms with van der Waals surface area (Å²) in [6.07, 6.45) is 12.8. The van der Waals surface area contributed by atoms with Gasteiger partial charge in [-0.15, -0.1) is 0 Å². The van der Waals surface area contributed by atoms with E-state index in [0.29, 0.717) is 103 Å². The van der Waals surface area contributed by atoms with Gasteiger partial charge in [0.1, 0.15) is 11.2 Å². The molecule has 382 valence electrons. The lowest BCUT2D eigenvalue weighted by Crippen LogP contribution is -2.69. The molecule has 2 spiro atoms. The maximum absolute atomic E-state index is 15.0. The van der Waals surface area contributed by atoms with Crippen molar-refractivity contribution in [3.05, 3.63) is 118 Å². The minimum Gasteiger partial charge on any atom is -0.504 e. The molecule has 17 atom stereocenters. The first-order valence-electron chi connectivity index (χ1n) is 27.8. The number of aliphatic hydroxyl groups excluding tert-OH is 3. The van der Waals surface area contributed by atoms with Crippen LogP contribution in [0.4, 0.5) is 0 Å². The Hall–Kier alpha value is -5.38. The fraction of sp³-hybridized carbons (Fsp3) is 0.548. The summed E-state index contributed by atoms with van der Waals surface area (Å²) >= 11 is 0. The monoisotopic (exact) mass is 985 g/mol. The summed E-state index contributed by atoms with van der Waals surface area (Å²) in [6, 6.07) is 20.4. The number of aryl methyl sites for hydroxylation is 1. The van der Waals surface area contributed by atoms with Crippen molar-refractivity contribution in [2.24, 2.45) is 58.0 Å². The number of Topliss-reactive ketones (excluding diaryl/α,β-unsaturated/α-hetero) is 2. The van der Waals surface area contributed by atoms with E-state index in [1.165, 1.54) is 50.5 Å². The highest BCUT2D eigenvalue weighted by atomic mass is 16.5. The van der Waals surface area contributed by atoms with Crippen molar-refractivity contribution in [1.29, 1.82) is 0 Å². The number of piperidine rings is 1. The molecule has 4 aromatic rings. The summed E-state index contributed by atoms with van der Waals surface area (Å²) in [5, 5.41) is 57.9. The van der Waals surface area contributed by atoms with Crippen LogP contribution in [0.25, 0.3) is 10.8 Å². The first-order chi connectivity index (χ1) is 35.4. The number of carbonyl (C=O) groups excluding carboxylic acids is 2. The Bertz CT molecular complexity index is 2980. The molecular formula is C62H72N4O7. The number of carbonyl (C=O) groups is 2. The Morgan fingerprint density at radius 2 is 1.79 bits per heavy atom. The van der Waals surface area contributed by atoms with Crippen molar-refractivity contribution in [1.82, 2.24) is 15.6 Å². The van der Waals surface area contributed by atoms with Crippen molar-refractivity contribution in [3.8, 4) is 23.3 Å². The zero-order chi connectivity index (χ0) is 49.9. The van der Waals surface area contributed by atoms with Gasteiger partial charge in [0.05, 0.1) is 31.2 Å². The Labute approximate surface area is 428 Å². The van der Waals surface area contributed by atoms with Crippen molar-refractivity contribution < 1.29 is 34.8 Å². The maximum Gasteiger partial charge on any atom is 0.160 e. The van der Waals surface area contributed by atoms with Gasteiger partial charge in [0.25, 0.3) is 0 Å². The van der Waals surface area contributed by atoms with Gasteiger partial charge < -0.3 is 46.5 Å². The number of aromatic hydroxyl groups is 1. The minimum absolute atomic E-state index is 0.0438. The number of phenolic OH excluding ortho intramolecular Hbond substituents is 1. The van der Waals surface area contributed by atoms with Gasteiger partial charge in [0.2, 0.25) is 0 Å². The number of aromatic amines is 1. The van der Waals surface area contributed by atoms with Crippen LogP contribution in [0.3, 0.4) is 0 Å². The Morgan fingerprint density at radius 1 is 0.932 bits per heavy atom. The molecule has 9 N–H and O–H groups in total. The van der Waals surface area contributed by atoms with Crippen LogP contribution in [0.15, 0.2) is 90.4 Å². The van der Waals surface area contributed by atoms with Crippen LogP contribution >= 0.6 is 0 Å². The maximum atomic E-state index is 15.0. The number of hydrogen-bond donors (Lipinski definition) is 8. The van der Waals surface area contributed by atoms with E-state index in [0.717, 1.165) is 40.4 Å². The predicted molar refractivity (Wildman–Crippen MR) is 279 cm³/mol. The molecule has 3 heterocycles. The molecule has 3 aromatic carbocycles. The number of ketones is 2. The number of hydrogen-bond acceptors (Lipinski definition) is 10. The van der Waals surface area contributed by atoms with E-state index in [-0.39, 0.29) is 60.0 Å². The third kappa shape index (κ3) is 7.50. The molecule has 13 rings (SSSR count). The molecular weight excluding hydrogens is 913 g/mol. The standard InChI is InChI=1S/C62H72N4O7/c1-73-52-25-36-10-13-53(71)61(19-14-37(45(36)31-51(52)70)24-49(68)50(69)30-44(38-16-21-64-55(63)27-38)35-9-8-33-5-2-3-6-34(33)23-35)20-15-39(26-54(61)72)59-43-12-11-40-7-4-18-62(40,59)47-32-66-48-29-41(67)28-46-42-17-22-65-60(42)57(43)58(47)56(46)48/h2-3,5-6,8-9,16-17,22-23,25,27,31,37,39-40,43-44,46-50,54,56-59,64-66,68-70,72H,4,7,10-13,15,18,20-21,24,26,28-30,32,63H2,1H3. The number of ether oxygens (including phenoxy) is 1. The molecule has 2 bridgehead atoms. The molecule has 7 aliphatic carbocycles. The highest BCUT2D eigenvalue weighted by Gasteiger charge is 2.71.